The molecule has 0 N–H and O–H groups in total. The van der Waals surface area contributed by atoms with Gasteiger partial charge in [-0.25, -0.2) is 0 Å². The summed E-state index contributed by atoms with van der Waals surface area (Å²) >= 11 is 0. The van der Waals surface area contributed by atoms with Gasteiger partial charge in [0.2, 0.25) is 0 Å². The Kier molecular flexibility index (Phi) is 5.69. The highest BCUT2D eigenvalue weighted by atomic mass is 16.6. The van der Waals surface area contributed by atoms with Crippen LogP contribution in [0.3, 0.4) is 0 Å². The van der Waals surface area contributed by atoms with Crippen LogP contribution in [0.25, 0.3) is 11.3 Å². The first kappa shape index (κ1) is 19.0. The summed E-state index contributed by atoms with van der Waals surface area (Å²) < 4.78 is 23.9. The standard InChI is InChI=1S/C22H27NO5/c1-25-20-12-16-6-7-23-19(18(16)13-21(20)26-2)10-15(11-22(23)24)4-3-5-17-14-27-8-9-28-17/h10-13,17H,3-9,14H2,1-2H3. The molecule has 6 nitrogen and oxygen atoms in total. The maximum absolute atomic E-state index is 12.7. The maximum Gasteiger partial charge on any atom is 0.251 e. The van der Waals surface area contributed by atoms with E-state index in [9.17, 15) is 4.79 Å². The molecule has 0 saturated carbocycles. The van der Waals surface area contributed by atoms with E-state index < -0.39 is 0 Å². The average Bonchev–Trinajstić information content (AvgIpc) is 2.73. The van der Waals surface area contributed by atoms with Crippen molar-refractivity contribution in [3.8, 4) is 22.8 Å². The number of rotatable bonds is 6. The fourth-order valence-corrected chi connectivity index (χ4v) is 4.08. The molecule has 1 aromatic carbocycles. The number of fused-ring (bicyclic) bond motifs is 3. The Hall–Kier alpha value is -2.31. The van der Waals surface area contributed by atoms with Crippen molar-refractivity contribution in [2.24, 2.45) is 0 Å². The summed E-state index contributed by atoms with van der Waals surface area (Å²) in [5, 5.41) is 0. The molecule has 4 rings (SSSR count). The number of hydrogen-bond donors (Lipinski definition) is 0. The normalized spacial score (nSPS) is 18.3. The van der Waals surface area contributed by atoms with Crippen molar-refractivity contribution < 1.29 is 18.9 Å². The van der Waals surface area contributed by atoms with Gasteiger partial charge in [0.05, 0.1) is 45.8 Å². The molecule has 6 heteroatoms. The Morgan fingerprint density at radius 1 is 1.11 bits per heavy atom. The van der Waals surface area contributed by atoms with Gasteiger partial charge in [-0.15, -0.1) is 0 Å². The Labute approximate surface area is 165 Å². The zero-order valence-electron chi connectivity index (χ0n) is 16.5. The predicted molar refractivity (Wildman–Crippen MR) is 106 cm³/mol. The van der Waals surface area contributed by atoms with Gasteiger partial charge in [0.15, 0.2) is 11.5 Å². The van der Waals surface area contributed by atoms with E-state index in [2.05, 4.69) is 6.07 Å². The van der Waals surface area contributed by atoms with Crippen LogP contribution in [0, 0.1) is 0 Å². The van der Waals surface area contributed by atoms with E-state index in [-0.39, 0.29) is 11.7 Å². The smallest absolute Gasteiger partial charge is 0.251 e. The largest absolute Gasteiger partial charge is 0.493 e. The lowest BCUT2D eigenvalue weighted by atomic mass is 9.94. The molecule has 0 spiro atoms. The number of hydrogen-bond acceptors (Lipinski definition) is 5. The quantitative estimate of drug-likeness (QED) is 0.765. The van der Waals surface area contributed by atoms with Gasteiger partial charge in [-0.2, -0.15) is 0 Å². The van der Waals surface area contributed by atoms with Crippen LogP contribution < -0.4 is 15.0 Å². The molecule has 2 aliphatic rings. The third-order valence-corrected chi connectivity index (χ3v) is 5.55. The Bertz CT molecular complexity index is 899. The second kappa shape index (κ2) is 8.37. The fraction of sp³-hybridized carbons (Fsp3) is 0.500. The number of methoxy groups -OCH3 is 2. The van der Waals surface area contributed by atoms with Crippen molar-refractivity contribution in [1.29, 1.82) is 0 Å². The van der Waals surface area contributed by atoms with Crippen molar-refractivity contribution in [1.82, 2.24) is 4.57 Å². The molecule has 3 heterocycles. The van der Waals surface area contributed by atoms with Gasteiger partial charge in [-0.1, -0.05) is 0 Å². The lowest BCUT2D eigenvalue weighted by molar-refractivity contribution is -0.0910. The van der Waals surface area contributed by atoms with E-state index in [1.165, 1.54) is 5.56 Å². The average molecular weight is 385 g/mol. The van der Waals surface area contributed by atoms with E-state index >= 15 is 0 Å². The summed E-state index contributed by atoms with van der Waals surface area (Å²) in [5.74, 6) is 1.41. The second-order valence-corrected chi connectivity index (χ2v) is 7.31. The van der Waals surface area contributed by atoms with Crippen LogP contribution >= 0.6 is 0 Å². The Balaban J connectivity index is 1.58. The van der Waals surface area contributed by atoms with E-state index in [0.717, 1.165) is 48.3 Å². The topological polar surface area (TPSA) is 58.9 Å². The molecule has 0 amide bonds. The molecule has 0 bridgehead atoms. The molecule has 0 radical (unpaired) electrons. The van der Waals surface area contributed by atoms with E-state index in [4.69, 9.17) is 18.9 Å². The van der Waals surface area contributed by atoms with Crippen molar-refractivity contribution in [3.05, 3.63) is 45.7 Å². The first-order valence-electron chi connectivity index (χ1n) is 9.88. The summed E-state index contributed by atoms with van der Waals surface area (Å²) in [5.41, 5.74) is 4.32. The molecule has 1 atom stereocenters. The number of aromatic nitrogens is 1. The minimum atomic E-state index is 0.0604. The number of ether oxygens (including phenoxy) is 4. The predicted octanol–water partition coefficient (Wildman–Crippen LogP) is 2.83. The molecular formula is C22H27NO5. The number of pyridine rings is 1. The van der Waals surface area contributed by atoms with Crippen LogP contribution in [0.2, 0.25) is 0 Å². The van der Waals surface area contributed by atoms with Crippen molar-refractivity contribution in [3.63, 3.8) is 0 Å². The van der Waals surface area contributed by atoms with Crippen molar-refractivity contribution in [2.45, 2.75) is 38.3 Å². The highest BCUT2D eigenvalue weighted by Gasteiger charge is 2.21. The Morgan fingerprint density at radius 2 is 1.93 bits per heavy atom. The first-order valence-corrected chi connectivity index (χ1v) is 9.88. The SMILES string of the molecule is COc1cc2c(cc1OC)-c1cc(CCCC3COCCO3)cc(=O)n1CC2. The first-order chi connectivity index (χ1) is 13.7. The summed E-state index contributed by atoms with van der Waals surface area (Å²) in [6, 6.07) is 7.92. The van der Waals surface area contributed by atoms with Crippen LogP contribution in [0.15, 0.2) is 29.1 Å². The summed E-state index contributed by atoms with van der Waals surface area (Å²) in [7, 11) is 3.28. The van der Waals surface area contributed by atoms with Crippen molar-refractivity contribution in [2.75, 3.05) is 34.0 Å². The van der Waals surface area contributed by atoms with E-state index in [1.54, 1.807) is 20.3 Å². The zero-order chi connectivity index (χ0) is 19.5. The monoisotopic (exact) mass is 385 g/mol. The van der Waals surface area contributed by atoms with Gasteiger partial charge in [0.1, 0.15) is 0 Å². The van der Waals surface area contributed by atoms with Crippen LogP contribution in [-0.4, -0.2) is 44.7 Å². The third kappa shape index (κ3) is 3.80. The van der Waals surface area contributed by atoms with E-state index in [0.29, 0.717) is 32.1 Å². The number of nitrogens with zero attached hydrogens (tertiary/aromatic N) is 1. The molecule has 28 heavy (non-hydrogen) atoms. The molecule has 2 aromatic rings. The molecule has 1 saturated heterocycles. The number of benzene rings is 1. The third-order valence-electron chi connectivity index (χ3n) is 5.55. The van der Waals surface area contributed by atoms with Gasteiger partial charge in [-0.05, 0) is 55.0 Å². The summed E-state index contributed by atoms with van der Waals surface area (Å²) in [4.78, 5) is 12.7. The van der Waals surface area contributed by atoms with Crippen LogP contribution in [0.1, 0.15) is 24.0 Å². The molecule has 2 aliphatic heterocycles. The maximum atomic E-state index is 12.7. The van der Waals surface area contributed by atoms with Gasteiger partial charge in [0, 0.05) is 18.2 Å². The summed E-state index contributed by atoms with van der Waals surface area (Å²) in [6.45, 7) is 2.71. The fourth-order valence-electron chi connectivity index (χ4n) is 4.08. The molecule has 1 fully saturated rings. The van der Waals surface area contributed by atoms with Gasteiger partial charge in [-0.3, -0.25) is 4.79 Å². The molecule has 150 valence electrons. The minimum Gasteiger partial charge on any atom is -0.493 e. The molecule has 1 aromatic heterocycles. The van der Waals surface area contributed by atoms with Gasteiger partial charge in [0.25, 0.3) is 5.56 Å². The molecule has 1 unspecified atom stereocenters. The van der Waals surface area contributed by atoms with Gasteiger partial charge < -0.3 is 23.5 Å². The van der Waals surface area contributed by atoms with Crippen LogP contribution in [0.5, 0.6) is 11.5 Å². The lowest BCUT2D eigenvalue weighted by Gasteiger charge is -2.24. The minimum absolute atomic E-state index is 0.0604. The molecule has 0 aliphatic carbocycles. The zero-order valence-corrected chi connectivity index (χ0v) is 16.5. The number of aryl methyl sites for hydroxylation is 2. The highest BCUT2D eigenvalue weighted by Crippen LogP contribution is 2.38. The lowest BCUT2D eigenvalue weighted by Crippen LogP contribution is -2.28. The van der Waals surface area contributed by atoms with E-state index in [1.807, 2.05) is 16.7 Å². The highest BCUT2D eigenvalue weighted by molar-refractivity contribution is 5.70. The Morgan fingerprint density at radius 3 is 2.68 bits per heavy atom. The van der Waals surface area contributed by atoms with Crippen molar-refractivity contribution >= 4 is 0 Å². The van der Waals surface area contributed by atoms with Crippen LogP contribution in [-0.2, 0) is 28.9 Å². The molecular weight excluding hydrogens is 358 g/mol. The summed E-state index contributed by atoms with van der Waals surface area (Å²) in [6.07, 6.45) is 3.74. The van der Waals surface area contributed by atoms with Crippen LogP contribution in [0.4, 0.5) is 0 Å². The second-order valence-electron chi connectivity index (χ2n) is 7.31. The van der Waals surface area contributed by atoms with Gasteiger partial charge >= 0.3 is 0 Å².